The molecule has 0 amide bonds. The van der Waals surface area contributed by atoms with Crippen molar-refractivity contribution in [1.29, 1.82) is 0 Å². The highest BCUT2D eigenvalue weighted by molar-refractivity contribution is 5.69. The average Bonchev–Trinajstić information content (AvgIpc) is 2.84. The number of aliphatic hydroxyl groups is 2. The monoisotopic (exact) mass is 572 g/mol. The van der Waals surface area contributed by atoms with Gasteiger partial charge in [-0.25, -0.2) is 0 Å². The van der Waals surface area contributed by atoms with E-state index < -0.39 is 85.7 Å². The Bertz CT molecular complexity index is 1060. The molecule has 1 aromatic heterocycles. The van der Waals surface area contributed by atoms with Gasteiger partial charge in [-0.05, 0) is 0 Å². The maximum atomic E-state index is 11.8. The Kier molecular flexibility index (Phi) is 13.6. The van der Waals surface area contributed by atoms with Crippen LogP contribution in [-0.4, -0.2) is 93.6 Å². The Balaban J connectivity index is 3.47. The van der Waals surface area contributed by atoms with Crippen LogP contribution in [-0.2, 0) is 57.2 Å². The molecule has 1 rings (SSSR count). The van der Waals surface area contributed by atoms with Crippen LogP contribution in [0.2, 0.25) is 0 Å². The number of carbonyl (C=O) groups is 6. The van der Waals surface area contributed by atoms with Gasteiger partial charge in [0.2, 0.25) is 0 Å². The molecule has 0 saturated heterocycles. The summed E-state index contributed by atoms with van der Waals surface area (Å²) in [5.41, 5.74) is -0.372. The third-order valence-electron chi connectivity index (χ3n) is 4.79. The van der Waals surface area contributed by atoms with Crippen molar-refractivity contribution in [2.24, 2.45) is 0 Å². The molecule has 40 heavy (non-hydrogen) atoms. The molecule has 222 valence electrons. The number of hydrogen-bond donors (Lipinski definition) is 2. The molecule has 0 aliphatic heterocycles. The van der Waals surface area contributed by atoms with Gasteiger partial charge in [-0.2, -0.15) is 0 Å². The first kappa shape index (κ1) is 33.8. The fourth-order valence-electron chi connectivity index (χ4n) is 3.38. The predicted octanol–water partition coefficient (Wildman–Crippen LogP) is -0.604. The summed E-state index contributed by atoms with van der Waals surface area (Å²) in [6.07, 6.45) is -7.33. The van der Waals surface area contributed by atoms with Crippen molar-refractivity contribution >= 4 is 35.8 Å². The lowest BCUT2D eigenvalue weighted by molar-refractivity contribution is -0.187. The van der Waals surface area contributed by atoms with E-state index in [9.17, 15) is 39.0 Å². The Morgan fingerprint density at radius 3 is 1.52 bits per heavy atom. The van der Waals surface area contributed by atoms with Crippen molar-refractivity contribution in [3.63, 3.8) is 0 Å². The van der Waals surface area contributed by atoms with Gasteiger partial charge in [0, 0.05) is 41.5 Å². The van der Waals surface area contributed by atoms with E-state index >= 15 is 0 Å². The van der Waals surface area contributed by atoms with Crippen LogP contribution < -0.4 is 0 Å². The molecule has 0 bridgehead atoms. The Labute approximate surface area is 228 Å². The fraction of sp³-hybridized carbons (Fsp3) is 0.583. The van der Waals surface area contributed by atoms with E-state index in [-0.39, 0.29) is 11.4 Å². The third-order valence-corrected chi connectivity index (χ3v) is 4.79. The van der Waals surface area contributed by atoms with Gasteiger partial charge in [-0.1, -0.05) is 0 Å². The number of nitrogens with zero attached hydrogens (tertiary/aromatic N) is 2. The van der Waals surface area contributed by atoms with E-state index in [0.29, 0.717) is 0 Å². The van der Waals surface area contributed by atoms with Gasteiger partial charge in [0.25, 0.3) is 0 Å². The van der Waals surface area contributed by atoms with Crippen LogP contribution in [0.15, 0.2) is 12.4 Å². The molecular formula is C24H32N2O14. The van der Waals surface area contributed by atoms with Crippen LogP contribution in [0, 0.1) is 0 Å². The highest BCUT2D eigenvalue weighted by Crippen LogP contribution is 2.28. The standard InChI is InChI=1S/C24H32N2O14/c1-11(28)35-10-20(37-13(3)30)23(39-15(5)32)21(34)17-7-26-18(8-25-17)22(38-14(4)31)24(40-16(6)33)19(9-27)36-12(2)29/h7-8,19-24,27,34H,9-10H2,1-6H3. The zero-order valence-corrected chi connectivity index (χ0v) is 22.7. The van der Waals surface area contributed by atoms with Gasteiger partial charge in [-0.15, -0.1) is 0 Å². The average molecular weight is 573 g/mol. The largest absolute Gasteiger partial charge is 0.462 e. The SMILES string of the molecule is CC(=O)OCC(OC(C)=O)C(OC(C)=O)C(O)c1cnc(C(OC(C)=O)C(OC(C)=O)C(CO)OC(C)=O)cn1. The maximum Gasteiger partial charge on any atom is 0.303 e. The first-order valence-electron chi connectivity index (χ1n) is 11.8. The summed E-state index contributed by atoms with van der Waals surface area (Å²) in [5.74, 6) is -4.96. The van der Waals surface area contributed by atoms with Crippen molar-refractivity contribution in [2.75, 3.05) is 13.2 Å². The van der Waals surface area contributed by atoms with Gasteiger partial charge in [0.05, 0.1) is 24.7 Å². The van der Waals surface area contributed by atoms with Gasteiger partial charge in [-0.3, -0.25) is 38.7 Å². The van der Waals surface area contributed by atoms with E-state index in [4.69, 9.17) is 28.4 Å². The van der Waals surface area contributed by atoms with E-state index in [1.165, 1.54) is 0 Å². The summed E-state index contributed by atoms with van der Waals surface area (Å²) in [4.78, 5) is 77.9. The van der Waals surface area contributed by atoms with Crippen molar-refractivity contribution in [3.05, 3.63) is 23.8 Å². The summed E-state index contributed by atoms with van der Waals surface area (Å²) >= 11 is 0. The van der Waals surface area contributed by atoms with Gasteiger partial charge in [0.1, 0.15) is 18.4 Å². The smallest absolute Gasteiger partial charge is 0.303 e. The number of hydrogen-bond acceptors (Lipinski definition) is 16. The first-order valence-corrected chi connectivity index (χ1v) is 11.8. The van der Waals surface area contributed by atoms with Crippen molar-refractivity contribution < 1.29 is 67.4 Å². The molecule has 0 aliphatic rings. The molecule has 1 aromatic rings. The lowest BCUT2D eigenvalue weighted by Gasteiger charge is -2.31. The molecule has 16 heteroatoms. The van der Waals surface area contributed by atoms with Crippen LogP contribution in [0.25, 0.3) is 0 Å². The molecular weight excluding hydrogens is 540 g/mol. The second-order valence-corrected chi connectivity index (χ2v) is 8.27. The van der Waals surface area contributed by atoms with Crippen LogP contribution in [0.4, 0.5) is 0 Å². The zero-order valence-electron chi connectivity index (χ0n) is 22.7. The molecule has 0 aromatic carbocycles. The normalized spacial score (nSPS) is 15.2. The summed E-state index contributed by atoms with van der Waals surface area (Å²) in [6, 6.07) is 0. The summed E-state index contributed by atoms with van der Waals surface area (Å²) in [6.45, 7) is 4.94. The minimum Gasteiger partial charge on any atom is -0.462 e. The maximum absolute atomic E-state index is 11.8. The Morgan fingerprint density at radius 1 is 0.650 bits per heavy atom. The first-order chi connectivity index (χ1) is 18.7. The lowest BCUT2D eigenvalue weighted by Crippen LogP contribution is -2.43. The quantitative estimate of drug-likeness (QED) is 0.209. The van der Waals surface area contributed by atoms with Gasteiger partial charge >= 0.3 is 35.8 Å². The predicted molar refractivity (Wildman–Crippen MR) is 127 cm³/mol. The van der Waals surface area contributed by atoms with E-state index in [1.54, 1.807) is 0 Å². The number of rotatable bonds is 14. The second kappa shape index (κ2) is 16.0. The van der Waals surface area contributed by atoms with E-state index in [1.807, 2.05) is 0 Å². The Morgan fingerprint density at radius 2 is 1.10 bits per heavy atom. The van der Waals surface area contributed by atoms with Crippen LogP contribution in [0.5, 0.6) is 0 Å². The Hall–Kier alpha value is -4.18. The molecule has 2 N–H and O–H groups in total. The van der Waals surface area contributed by atoms with Crippen molar-refractivity contribution in [3.8, 4) is 0 Å². The molecule has 0 spiro atoms. The number of aromatic nitrogens is 2. The number of esters is 6. The molecule has 0 saturated carbocycles. The zero-order chi connectivity index (χ0) is 30.6. The minimum atomic E-state index is -1.77. The second-order valence-electron chi connectivity index (χ2n) is 8.27. The highest BCUT2D eigenvalue weighted by Gasteiger charge is 2.40. The lowest BCUT2D eigenvalue weighted by atomic mass is 10.0. The van der Waals surface area contributed by atoms with Crippen LogP contribution >= 0.6 is 0 Å². The van der Waals surface area contributed by atoms with Gasteiger partial charge in [0.15, 0.2) is 30.5 Å². The summed E-state index contributed by atoms with van der Waals surface area (Å²) in [7, 11) is 0. The summed E-state index contributed by atoms with van der Waals surface area (Å²) in [5, 5.41) is 20.7. The van der Waals surface area contributed by atoms with Crippen molar-refractivity contribution in [1.82, 2.24) is 9.97 Å². The molecule has 6 unspecified atom stereocenters. The highest BCUT2D eigenvalue weighted by atomic mass is 16.6. The fourth-order valence-corrected chi connectivity index (χ4v) is 3.38. The number of ether oxygens (including phenoxy) is 6. The van der Waals surface area contributed by atoms with Gasteiger partial charge < -0.3 is 38.6 Å². The summed E-state index contributed by atoms with van der Waals surface area (Å²) < 4.78 is 30.5. The third kappa shape index (κ3) is 11.3. The van der Waals surface area contributed by atoms with Crippen LogP contribution in [0.1, 0.15) is 65.1 Å². The molecule has 0 radical (unpaired) electrons. The molecule has 6 atom stereocenters. The number of carbonyl (C=O) groups excluding carboxylic acids is 6. The van der Waals surface area contributed by atoms with E-state index in [2.05, 4.69) is 9.97 Å². The molecule has 16 nitrogen and oxygen atoms in total. The molecule has 1 heterocycles. The minimum absolute atomic E-state index is 0.150. The number of aliphatic hydroxyl groups excluding tert-OH is 2. The molecule has 0 fully saturated rings. The van der Waals surface area contributed by atoms with E-state index in [0.717, 1.165) is 53.9 Å². The topological polar surface area (TPSA) is 224 Å². The van der Waals surface area contributed by atoms with Crippen molar-refractivity contribution in [2.45, 2.75) is 78.2 Å². The van der Waals surface area contributed by atoms with Crippen LogP contribution in [0.3, 0.4) is 0 Å². The molecule has 0 aliphatic carbocycles.